The van der Waals surface area contributed by atoms with Crippen LogP contribution >= 0.6 is 0 Å². The Kier molecular flexibility index (Phi) is 5.82. The molecule has 0 unspecified atom stereocenters. The Balaban J connectivity index is 1.87. The lowest BCUT2D eigenvalue weighted by atomic mass is 10.1. The fourth-order valence-electron chi connectivity index (χ4n) is 2.46. The van der Waals surface area contributed by atoms with E-state index in [9.17, 15) is 0 Å². The molecule has 1 saturated heterocycles. The molecule has 1 aliphatic heterocycles. The van der Waals surface area contributed by atoms with Crippen LogP contribution < -0.4 is 15.5 Å². The molecule has 1 aliphatic rings. The summed E-state index contributed by atoms with van der Waals surface area (Å²) < 4.78 is 0. The fourth-order valence-corrected chi connectivity index (χ4v) is 2.46. The summed E-state index contributed by atoms with van der Waals surface area (Å²) in [5, 5.41) is 6.67. The highest BCUT2D eigenvalue weighted by atomic mass is 15.3. The molecule has 6 heteroatoms. The van der Waals surface area contributed by atoms with Gasteiger partial charge in [0.2, 0.25) is 0 Å². The summed E-state index contributed by atoms with van der Waals surface area (Å²) in [5.41, 5.74) is 1.14. The van der Waals surface area contributed by atoms with Crippen molar-refractivity contribution < 1.29 is 0 Å². The number of aromatic nitrogens is 1. The highest BCUT2D eigenvalue weighted by molar-refractivity contribution is 5.80. The van der Waals surface area contributed by atoms with E-state index in [1.807, 2.05) is 6.20 Å². The Morgan fingerprint density at radius 2 is 1.91 bits per heavy atom. The summed E-state index contributed by atoms with van der Waals surface area (Å²) in [7, 11) is 3.95. The second kappa shape index (κ2) is 7.64. The largest absolute Gasteiger partial charge is 0.354 e. The Bertz CT molecular complexity index is 509. The van der Waals surface area contributed by atoms with Crippen molar-refractivity contribution in [2.24, 2.45) is 4.99 Å². The summed E-state index contributed by atoms with van der Waals surface area (Å²) >= 11 is 0. The van der Waals surface area contributed by atoms with Gasteiger partial charge in [-0.25, -0.2) is 4.98 Å². The first-order valence-electron chi connectivity index (χ1n) is 8.24. The number of nitrogens with zero attached hydrogens (tertiary/aromatic N) is 4. The van der Waals surface area contributed by atoms with Gasteiger partial charge >= 0.3 is 0 Å². The van der Waals surface area contributed by atoms with E-state index in [4.69, 9.17) is 0 Å². The molecule has 0 radical (unpaired) electrons. The van der Waals surface area contributed by atoms with Gasteiger partial charge in [-0.2, -0.15) is 0 Å². The number of aliphatic imine (C=N–C) groups is 1. The predicted molar refractivity (Wildman–Crippen MR) is 97.0 cm³/mol. The Hall–Kier alpha value is -1.82. The summed E-state index contributed by atoms with van der Waals surface area (Å²) in [6.07, 6.45) is 1.95. The zero-order valence-electron chi connectivity index (χ0n) is 15.1. The maximum absolute atomic E-state index is 4.61. The van der Waals surface area contributed by atoms with Gasteiger partial charge in [0.05, 0.1) is 0 Å². The van der Waals surface area contributed by atoms with E-state index < -0.39 is 0 Å². The van der Waals surface area contributed by atoms with Crippen molar-refractivity contribution in [1.82, 2.24) is 20.5 Å². The number of rotatable bonds is 3. The summed E-state index contributed by atoms with van der Waals surface area (Å²) in [5.74, 6) is 1.87. The molecule has 23 heavy (non-hydrogen) atoms. The summed E-state index contributed by atoms with van der Waals surface area (Å²) in [6.45, 7) is 11.3. The highest BCUT2D eigenvalue weighted by Crippen LogP contribution is 2.13. The molecule has 0 aliphatic carbocycles. The van der Waals surface area contributed by atoms with Gasteiger partial charge in [0.15, 0.2) is 5.96 Å². The Morgan fingerprint density at radius 3 is 2.43 bits per heavy atom. The van der Waals surface area contributed by atoms with Crippen molar-refractivity contribution in [2.45, 2.75) is 32.9 Å². The Labute approximate surface area is 140 Å². The number of likely N-dealkylation sites (N-methyl/N-ethyl adjacent to an activating group) is 1. The first kappa shape index (κ1) is 17.5. The van der Waals surface area contributed by atoms with Crippen LogP contribution in [0.3, 0.4) is 0 Å². The van der Waals surface area contributed by atoms with Gasteiger partial charge in [-0.3, -0.25) is 4.99 Å². The Morgan fingerprint density at radius 1 is 1.22 bits per heavy atom. The van der Waals surface area contributed by atoms with E-state index in [-0.39, 0.29) is 5.54 Å². The van der Waals surface area contributed by atoms with Crippen LogP contribution in [0.2, 0.25) is 0 Å². The van der Waals surface area contributed by atoms with Crippen LogP contribution in [0, 0.1) is 0 Å². The van der Waals surface area contributed by atoms with E-state index in [2.05, 4.69) is 70.4 Å². The predicted octanol–water partition coefficient (Wildman–Crippen LogP) is 1.30. The van der Waals surface area contributed by atoms with Gasteiger partial charge in [-0.05, 0) is 39.4 Å². The molecule has 0 amide bonds. The quantitative estimate of drug-likeness (QED) is 0.650. The van der Waals surface area contributed by atoms with Crippen LogP contribution in [0.15, 0.2) is 23.3 Å². The van der Waals surface area contributed by atoms with E-state index >= 15 is 0 Å². The molecule has 1 aromatic rings. The number of nitrogens with one attached hydrogen (secondary N) is 2. The molecule has 2 N–H and O–H groups in total. The third-order valence-electron chi connectivity index (χ3n) is 3.81. The molecule has 0 bridgehead atoms. The first-order chi connectivity index (χ1) is 10.9. The molecule has 0 atom stereocenters. The topological polar surface area (TPSA) is 55.8 Å². The number of hydrogen-bond acceptors (Lipinski definition) is 4. The SMILES string of the molecule is CN=C(NCc1ccc(N2CCN(C)CC2)nc1)NC(C)(C)C. The van der Waals surface area contributed by atoms with Crippen molar-refractivity contribution >= 4 is 11.8 Å². The standard InChI is InChI=1S/C17H30N6/c1-17(2,3)21-16(18-4)20-13-14-6-7-15(19-12-14)23-10-8-22(5)9-11-23/h6-7,12H,8-11,13H2,1-5H3,(H2,18,20,21). The van der Waals surface area contributed by atoms with Gasteiger partial charge < -0.3 is 20.4 Å². The molecule has 2 heterocycles. The van der Waals surface area contributed by atoms with Crippen molar-refractivity contribution in [2.75, 3.05) is 45.2 Å². The third-order valence-corrected chi connectivity index (χ3v) is 3.81. The van der Waals surface area contributed by atoms with Crippen LogP contribution in [-0.2, 0) is 6.54 Å². The molecular formula is C17H30N6. The van der Waals surface area contributed by atoms with E-state index in [1.54, 1.807) is 7.05 Å². The zero-order valence-corrected chi connectivity index (χ0v) is 15.1. The molecule has 6 nitrogen and oxygen atoms in total. The third kappa shape index (κ3) is 5.71. The molecule has 0 saturated carbocycles. The van der Waals surface area contributed by atoms with Gasteiger partial charge in [-0.1, -0.05) is 6.07 Å². The normalized spacial score (nSPS) is 17.3. The number of piperazine rings is 1. The number of hydrogen-bond donors (Lipinski definition) is 2. The van der Waals surface area contributed by atoms with Crippen LogP contribution in [0.1, 0.15) is 26.3 Å². The second-order valence-corrected chi connectivity index (χ2v) is 7.12. The molecular weight excluding hydrogens is 288 g/mol. The maximum Gasteiger partial charge on any atom is 0.191 e. The molecule has 0 spiro atoms. The van der Waals surface area contributed by atoms with Crippen molar-refractivity contribution in [1.29, 1.82) is 0 Å². The van der Waals surface area contributed by atoms with Gasteiger partial charge in [0, 0.05) is 51.5 Å². The monoisotopic (exact) mass is 318 g/mol. The lowest BCUT2D eigenvalue weighted by Crippen LogP contribution is -2.47. The fraction of sp³-hybridized carbons (Fsp3) is 0.647. The first-order valence-corrected chi connectivity index (χ1v) is 8.24. The minimum absolute atomic E-state index is 0.00856. The zero-order chi connectivity index (χ0) is 16.9. The van der Waals surface area contributed by atoms with Gasteiger partial charge in [0.25, 0.3) is 0 Å². The molecule has 128 valence electrons. The molecule has 0 aromatic carbocycles. The van der Waals surface area contributed by atoms with Crippen molar-refractivity contribution in [3.63, 3.8) is 0 Å². The summed E-state index contributed by atoms with van der Waals surface area (Å²) in [6, 6.07) is 4.25. The number of guanidine groups is 1. The van der Waals surface area contributed by atoms with Gasteiger partial charge in [-0.15, -0.1) is 0 Å². The lowest BCUT2D eigenvalue weighted by Gasteiger charge is -2.33. The van der Waals surface area contributed by atoms with Crippen molar-refractivity contribution in [3.8, 4) is 0 Å². The lowest BCUT2D eigenvalue weighted by molar-refractivity contribution is 0.312. The van der Waals surface area contributed by atoms with Gasteiger partial charge in [0.1, 0.15) is 5.82 Å². The van der Waals surface area contributed by atoms with Crippen LogP contribution in [-0.4, -0.2) is 61.7 Å². The average molecular weight is 318 g/mol. The van der Waals surface area contributed by atoms with E-state index in [0.717, 1.165) is 43.5 Å². The average Bonchev–Trinajstić information content (AvgIpc) is 2.52. The minimum atomic E-state index is -0.00856. The smallest absolute Gasteiger partial charge is 0.191 e. The second-order valence-electron chi connectivity index (χ2n) is 7.12. The number of anilines is 1. The minimum Gasteiger partial charge on any atom is -0.354 e. The van der Waals surface area contributed by atoms with E-state index in [1.165, 1.54) is 0 Å². The summed E-state index contributed by atoms with van der Waals surface area (Å²) in [4.78, 5) is 13.6. The number of pyridine rings is 1. The molecule has 1 aromatic heterocycles. The van der Waals surface area contributed by atoms with Crippen LogP contribution in [0.5, 0.6) is 0 Å². The molecule has 2 rings (SSSR count). The van der Waals surface area contributed by atoms with Crippen molar-refractivity contribution in [3.05, 3.63) is 23.9 Å². The van der Waals surface area contributed by atoms with E-state index in [0.29, 0.717) is 6.54 Å². The molecule has 1 fully saturated rings. The van der Waals surface area contributed by atoms with Crippen LogP contribution in [0.4, 0.5) is 5.82 Å². The van der Waals surface area contributed by atoms with Crippen LogP contribution in [0.25, 0.3) is 0 Å². The highest BCUT2D eigenvalue weighted by Gasteiger charge is 2.15. The maximum atomic E-state index is 4.61.